The highest BCUT2D eigenvalue weighted by Crippen LogP contribution is 2.23. The average Bonchev–Trinajstić information content (AvgIpc) is 3.00. The molecule has 0 fully saturated rings. The summed E-state index contributed by atoms with van der Waals surface area (Å²) in [4.78, 5) is 15.6. The highest BCUT2D eigenvalue weighted by molar-refractivity contribution is 7.89. The molecule has 9 nitrogen and oxygen atoms in total. The predicted molar refractivity (Wildman–Crippen MR) is 94.3 cm³/mol. The fourth-order valence-electron chi connectivity index (χ4n) is 2.24. The largest absolute Gasteiger partial charge is 0.497 e. The Hall–Kier alpha value is -3.27. The fourth-order valence-corrected chi connectivity index (χ4v) is 3.04. The van der Waals surface area contributed by atoms with Crippen LogP contribution >= 0.6 is 0 Å². The van der Waals surface area contributed by atoms with Gasteiger partial charge in [-0.05, 0) is 24.3 Å². The second-order valence-electron chi connectivity index (χ2n) is 5.13. The molecule has 26 heavy (non-hydrogen) atoms. The van der Waals surface area contributed by atoms with Crippen LogP contribution in [0.15, 0.2) is 55.6 Å². The summed E-state index contributed by atoms with van der Waals surface area (Å²) in [5.74, 6) is 0.413. The number of rotatable bonds is 6. The minimum atomic E-state index is -3.93. The average molecular weight is 377 g/mol. The molecule has 3 aromatic rings. The maximum Gasteiger partial charge on any atom is 0.417 e. The smallest absolute Gasteiger partial charge is 0.417 e. The van der Waals surface area contributed by atoms with E-state index in [0.29, 0.717) is 22.6 Å². The van der Waals surface area contributed by atoms with Crippen molar-refractivity contribution in [1.29, 1.82) is 0 Å². The molecule has 0 aliphatic carbocycles. The summed E-state index contributed by atoms with van der Waals surface area (Å²) in [5, 5.41) is 3.76. The van der Waals surface area contributed by atoms with Gasteiger partial charge >= 0.3 is 5.76 Å². The van der Waals surface area contributed by atoms with E-state index >= 15 is 0 Å². The van der Waals surface area contributed by atoms with E-state index < -0.39 is 15.8 Å². The third-order valence-electron chi connectivity index (χ3n) is 3.52. The van der Waals surface area contributed by atoms with E-state index in [9.17, 15) is 13.2 Å². The monoisotopic (exact) mass is 377 g/mol. The van der Waals surface area contributed by atoms with E-state index in [4.69, 9.17) is 13.9 Å². The number of H-pyrrole nitrogens is 1. The lowest BCUT2D eigenvalue weighted by Crippen LogP contribution is -2.18. The Balaban J connectivity index is 1.83. The topological polar surface area (TPSA) is 123 Å². The van der Waals surface area contributed by atoms with Crippen LogP contribution in [-0.2, 0) is 10.0 Å². The van der Waals surface area contributed by atoms with Crippen molar-refractivity contribution < 1.29 is 22.3 Å². The van der Waals surface area contributed by atoms with E-state index in [1.165, 1.54) is 38.6 Å². The molecule has 136 valence electrons. The van der Waals surface area contributed by atoms with Crippen LogP contribution in [0.1, 0.15) is 5.56 Å². The number of oxazole rings is 1. The number of hydrogen-bond donors (Lipinski definition) is 2. The van der Waals surface area contributed by atoms with Crippen molar-refractivity contribution in [3.63, 3.8) is 0 Å². The van der Waals surface area contributed by atoms with Crippen molar-refractivity contribution in [2.75, 3.05) is 14.2 Å². The molecule has 0 aliphatic rings. The van der Waals surface area contributed by atoms with Crippen LogP contribution in [0.5, 0.6) is 11.5 Å². The van der Waals surface area contributed by atoms with Gasteiger partial charge in [0.25, 0.3) is 10.0 Å². The lowest BCUT2D eigenvalue weighted by atomic mass is 10.2. The Morgan fingerprint density at radius 2 is 1.96 bits per heavy atom. The summed E-state index contributed by atoms with van der Waals surface area (Å²) in [7, 11) is -0.924. The molecule has 0 amide bonds. The maximum absolute atomic E-state index is 12.3. The number of nitrogens with one attached hydrogen (secondary N) is 2. The van der Waals surface area contributed by atoms with Crippen molar-refractivity contribution in [3.05, 3.63) is 52.5 Å². The summed E-state index contributed by atoms with van der Waals surface area (Å²) in [6.07, 6.45) is 1.31. The summed E-state index contributed by atoms with van der Waals surface area (Å²) >= 11 is 0. The molecule has 10 heteroatoms. The molecule has 2 N–H and O–H groups in total. The van der Waals surface area contributed by atoms with E-state index in [-0.39, 0.29) is 10.5 Å². The lowest BCUT2D eigenvalue weighted by Gasteiger charge is -2.07. The van der Waals surface area contributed by atoms with Gasteiger partial charge in [-0.15, -0.1) is 0 Å². The number of ether oxygens (including phenoxy) is 2. The van der Waals surface area contributed by atoms with Gasteiger partial charge in [0.05, 0.1) is 30.8 Å². The van der Waals surface area contributed by atoms with E-state index in [2.05, 4.69) is 14.9 Å². The zero-order valence-corrected chi connectivity index (χ0v) is 14.7. The molecule has 2 aromatic carbocycles. The van der Waals surface area contributed by atoms with Crippen molar-refractivity contribution in [1.82, 2.24) is 9.82 Å². The predicted octanol–water partition coefficient (Wildman–Crippen LogP) is 1.45. The molecular formula is C16H15N3O6S. The highest BCUT2D eigenvalue weighted by Gasteiger charge is 2.15. The van der Waals surface area contributed by atoms with Crippen molar-refractivity contribution in [2.45, 2.75) is 4.90 Å². The van der Waals surface area contributed by atoms with Crippen LogP contribution in [0, 0.1) is 0 Å². The summed E-state index contributed by atoms with van der Waals surface area (Å²) in [6.45, 7) is 0. The summed E-state index contributed by atoms with van der Waals surface area (Å²) in [6, 6.07) is 9.03. The Bertz CT molecular complexity index is 1130. The number of fused-ring (bicyclic) bond motifs is 1. The number of hydrazone groups is 1. The minimum Gasteiger partial charge on any atom is -0.497 e. The molecule has 0 bridgehead atoms. The molecule has 1 heterocycles. The van der Waals surface area contributed by atoms with E-state index in [1.807, 2.05) is 0 Å². The first-order valence-corrected chi connectivity index (χ1v) is 8.81. The van der Waals surface area contributed by atoms with Crippen LogP contribution in [0.25, 0.3) is 11.1 Å². The van der Waals surface area contributed by atoms with Crippen LogP contribution < -0.4 is 20.1 Å². The number of benzene rings is 2. The minimum absolute atomic E-state index is 0.0911. The van der Waals surface area contributed by atoms with E-state index in [1.54, 1.807) is 18.2 Å². The Morgan fingerprint density at radius 1 is 1.15 bits per heavy atom. The number of sulfonamides is 1. The summed E-state index contributed by atoms with van der Waals surface area (Å²) in [5.41, 5.74) is 1.10. The maximum atomic E-state index is 12.3. The Labute approximate surface area is 148 Å². The molecular weight excluding hydrogens is 362 g/mol. The molecule has 1 aromatic heterocycles. The van der Waals surface area contributed by atoms with Gasteiger partial charge in [0.1, 0.15) is 11.5 Å². The molecule has 0 radical (unpaired) electrons. The van der Waals surface area contributed by atoms with Crippen LogP contribution in [0.2, 0.25) is 0 Å². The SMILES string of the molecule is COc1ccc(/C=N/NS(=O)(=O)c2ccc3[nH]c(=O)oc3c2)c(OC)c1. The van der Waals surface area contributed by atoms with Gasteiger partial charge in [-0.25, -0.2) is 9.63 Å². The van der Waals surface area contributed by atoms with E-state index in [0.717, 1.165) is 0 Å². The first-order chi connectivity index (χ1) is 12.4. The highest BCUT2D eigenvalue weighted by atomic mass is 32.2. The molecule has 0 atom stereocenters. The normalized spacial score (nSPS) is 11.8. The third-order valence-corrected chi connectivity index (χ3v) is 4.74. The molecule has 0 saturated heterocycles. The number of aromatic amines is 1. The van der Waals surface area contributed by atoms with Gasteiger partial charge < -0.3 is 13.9 Å². The van der Waals surface area contributed by atoms with Gasteiger partial charge in [-0.2, -0.15) is 13.5 Å². The molecule has 0 unspecified atom stereocenters. The zero-order valence-electron chi connectivity index (χ0n) is 13.8. The fraction of sp³-hybridized carbons (Fsp3) is 0.125. The van der Waals surface area contributed by atoms with Crippen molar-refractivity contribution in [3.8, 4) is 11.5 Å². The second kappa shape index (κ2) is 6.92. The zero-order chi connectivity index (χ0) is 18.7. The number of nitrogens with zero attached hydrogens (tertiary/aromatic N) is 1. The standard InChI is InChI=1S/C16H15N3O6S/c1-23-11-4-3-10(14(7-11)24-2)9-17-19-26(21,22)12-5-6-13-15(8-12)25-16(20)18-13/h3-9,19H,1-2H3,(H,18,20)/b17-9+. The van der Waals surface area contributed by atoms with Gasteiger partial charge in [0, 0.05) is 17.7 Å². The number of hydrogen-bond acceptors (Lipinski definition) is 7. The van der Waals surface area contributed by atoms with Crippen LogP contribution in [0.3, 0.4) is 0 Å². The van der Waals surface area contributed by atoms with Crippen LogP contribution in [-0.4, -0.2) is 33.8 Å². The first-order valence-electron chi connectivity index (χ1n) is 7.33. The summed E-state index contributed by atoms with van der Waals surface area (Å²) < 4.78 is 39.8. The third kappa shape index (κ3) is 3.54. The van der Waals surface area contributed by atoms with Gasteiger partial charge in [-0.1, -0.05) is 0 Å². The first kappa shape index (κ1) is 17.5. The van der Waals surface area contributed by atoms with Crippen LogP contribution in [0.4, 0.5) is 0 Å². The lowest BCUT2D eigenvalue weighted by molar-refractivity contribution is 0.394. The van der Waals surface area contributed by atoms with Crippen molar-refractivity contribution in [2.24, 2.45) is 5.10 Å². The van der Waals surface area contributed by atoms with Gasteiger partial charge in [0.2, 0.25) is 0 Å². The Morgan fingerprint density at radius 3 is 2.69 bits per heavy atom. The number of methoxy groups -OCH3 is 2. The molecule has 0 spiro atoms. The number of aromatic nitrogens is 1. The molecule has 0 aliphatic heterocycles. The molecule has 0 saturated carbocycles. The van der Waals surface area contributed by atoms with Gasteiger partial charge in [-0.3, -0.25) is 4.98 Å². The molecule has 3 rings (SSSR count). The quantitative estimate of drug-likeness (QED) is 0.495. The van der Waals surface area contributed by atoms with Crippen molar-refractivity contribution >= 4 is 27.3 Å². The second-order valence-corrected chi connectivity index (χ2v) is 6.79. The Kier molecular flexibility index (Phi) is 4.67. The van der Waals surface area contributed by atoms with Gasteiger partial charge in [0.15, 0.2) is 5.58 Å².